The van der Waals surface area contributed by atoms with Crippen LogP contribution in [0.15, 0.2) is 18.2 Å². The Kier molecular flexibility index (Phi) is 1.82. The Morgan fingerprint density at radius 2 is 2.18 bits per heavy atom. The van der Waals surface area contributed by atoms with E-state index in [1.165, 1.54) is 12.0 Å². The average Bonchev–Trinajstić information content (AvgIpc) is 2.83. The highest BCUT2D eigenvalue weighted by Crippen LogP contribution is 2.68. The van der Waals surface area contributed by atoms with Gasteiger partial charge in [0, 0.05) is 16.5 Å². The minimum Gasteiger partial charge on any atom is -0.491 e. The zero-order chi connectivity index (χ0) is 11.8. The minimum atomic E-state index is 0.432. The van der Waals surface area contributed by atoms with Gasteiger partial charge in [0.2, 0.25) is 0 Å². The molecule has 1 aromatic carbocycles. The van der Waals surface area contributed by atoms with E-state index >= 15 is 0 Å². The summed E-state index contributed by atoms with van der Waals surface area (Å²) in [5, 5.41) is 1.31. The molecule has 3 atom stereocenters. The third kappa shape index (κ3) is 1.22. The molecule has 0 unspecified atom stereocenters. The van der Waals surface area contributed by atoms with Crippen LogP contribution in [0.25, 0.3) is 5.57 Å². The molecule has 3 heteroatoms. The van der Waals surface area contributed by atoms with Crippen LogP contribution < -0.4 is 4.74 Å². The standard InChI is InChI=1S/C14H12Cl2O/c1-14-5-7(14)2-9-10-3-8(15)4-12(16)13(10)17-6-11(9)14/h2-4,7,11H,5-6H2,1H3/t7-,11-,14+/m0/s1. The summed E-state index contributed by atoms with van der Waals surface area (Å²) in [5.74, 6) is 2.06. The molecular weight excluding hydrogens is 255 g/mol. The molecule has 0 bridgehead atoms. The van der Waals surface area contributed by atoms with E-state index in [0.29, 0.717) is 21.4 Å². The van der Waals surface area contributed by atoms with Gasteiger partial charge in [-0.05, 0) is 35.5 Å². The number of ether oxygens (including phenoxy) is 1. The van der Waals surface area contributed by atoms with Crippen molar-refractivity contribution in [2.45, 2.75) is 13.3 Å². The van der Waals surface area contributed by atoms with Gasteiger partial charge in [-0.2, -0.15) is 0 Å². The Labute approximate surface area is 110 Å². The van der Waals surface area contributed by atoms with Crippen LogP contribution >= 0.6 is 23.2 Å². The SMILES string of the molecule is C[C@@]12C[C@@H]1C=C1c3cc(Cl)cc(Cl)c3OC[C@@H]12. The van der Waals surface area contributed by atoms with Crippen LogP contribution in [0.2, 0.25) is 10.0 Å². The van der Waals surface area contributed by atoms with E-state index < -0.39 is 0 Å². The van der Waals surface area contributed by atoms with Gasteiger partial charge in [-0.3, -0.25) is 0 Å². The van der Waals surface area contributed by atoms with E-state index in [9.17, 15) is 0 Å². The second-order valence-electron chi connectivity index (χ2n) is 5.57. The highest BCUT2D eigenvalue weighted by Gasteiger charge is 2.60. The number of hydrogen-bond acceptors (Lipinski definition) is 1. The van der Waals surface area contributed by atoms with Crippen molar-refractivity contribution in [1.29, 1.82) is 0 Å². The third-order valence-electron chi connectivity index (χ3n) is 4.61. The summed E-state index contributed by atoms with van der Waals surface area (Å²) in [6.45, 7) is 3.11. The van der Waals surface area contributed by atoms with Crippen molar-refractivity contribution in [2.75, 3.05) is 6.61 Å². The van der Waals surface area contributed by atoms with Gasteiger partial charge in [0.05, 0.1) is 11.6 Å². The van der Waals surface area contributed by atoms with E-state index in [-0.39, 0.29) is 0 Å². The van der Waals surface area contributed by atoms with Crippen LogP contribution in [0.3, 0.4) is 0 Å². The first-order valence-electron chi connectivity index (χ1n) is 5.93. The Bertz CT molecular complexity index is 564. The molecule has 88 valence electrons. The van der Waals surface area contributed by atoms with Crippen LogP contribution in [0.4, 0.5) is 0 Å². The topological polar surface area (TPSA) is 9.23 Å². The van der Waals surface area contributed by atoms with Crippen LogP contribution in [-0.4, -0.2) is 6.61 Å². The number of fused-ring (bicyclic) bond motifs is 5. The fourth-order valence-corrected chi connectivity index (χ4v) is 3.95. The van der Waals surface area contributed by atoms with Gasteiger partial charge in [0.1, 0.15) is 5.75 Å². The highest BCUT2D eigenvalue weighted by atomic mass is 35.5. The molecule has 2 aliphatic carbocycles. The Morgan fingerprint density at radius 1 is 1.35 bits per heavy atom. The number of benzene rings is 1. The Morgan fingerprint density at radius 3 is 3.00 bits per heavy atom. The molecule has 4 rings (SSSR count). The highest BCUT2D eigenvalue weighted by molar-refractivity contribution is 6.36. The van der Waals surface area contributed by atoms with Crippen molar-refractivity contribution < 1.29 is 4.74 Å². The summed E-state index contributed by atoms with van der Waals surface area (Å²) >= 11 is 12.3. The van der Waals surface area contributed by atoms with E-state index in [1.54, 1.807) is 6.07 Å². The first-order valence-corrected chi connectivity index (χ1v) is 6.69. The normalized spacial score (nSPS) is 36.5. The largest absolute Gasteiger partial charge is 0.491 e. The summed E-state index contributed by atoms with van der Waals surface area (Å²) in [5.41, 5.74) is 2.93. The van der Waals surface area contributed by atoms with Crippen LogP contribution in [-0.2, 0) is 0 Å². The lowest BCUT2D eigenvalue weighted by atomic mass is 9.83. The lowest BCUT2D eigenvalue weighted by molar-refractivity contribution is 0.220. The van der Waals surface area contributed by atoms with Gasteiger partial charge in [0.15, 0.2) is 0 Å². The molecule has 1 fully saturated rings. The number of rotatable bonds is 0. The quantitative estimate of drug-likeness (QED) is 0.675. The zero-order valence-electron chi connectivity index (χ0n) is 9.47. The summed E-state index contributed by atoms with van der Waals surface area (Å²) in [6, 6.07) is 3.73. The maximum atomic E-state index is 6.18. The van der Waals surface area contributed by atoms with Crippen molar-refractivity contribution in [3.05, 3.63) is 33.8 Å². The van der Waals surface area contributed by atoms with Gasteiger partial charge < -0.3 is 4.74 Å². The predicted octanol–water partition coefficient (Wildman–Crippen LogP) is 4.43. The second kappa shape index (κ2) is 3.02. The van der Waals surface area contributed by atoms with Crippen LogP contribution in [0.5, 0.6) is 5.75 Å². The molecule has 0 spiro atoms. The van der Waals surface area contributed by atoms with E-state index in [2.05, 4.69) is 13.0 Å². The molecule has 0 aromatic heterocycles. The van der Waals surface area contributed by atoms with E-state index in [1.807, 2.05) is 6.07 Å². The van der Waals surface area contributed by atoms with Gasteiger partial charge in [-0.15, -0.1) is 0 Å². The summed E-state index contributed by atoms with van der Waals surface area (Å²) in [4.78, 5) is 0. The maximum Gasteiger partial charge on any atom is 0.145 e. The van der Waals surface area contributed by atoms with E-state index in [0.717, 1.165) is 23.8 Å². The smallest absolute Gasteiger partial charge is 0.145 e. The molecule has 0 radical (unpaired) electrons. The molecule has 1 nitrogen and oxygen atoms in total. The summed E-state index contributed by atoms with van der Waals surface area (Å²) in [7, 11) is 0. The first-order chi connectivity index (χ1) is 8.09. The molecule has 3 aliphatic rings. The minimum absolute atomic E-state index is 0.432. The molecule has 0 amide bonds. The van der Waals surface area contributed by atoms with Crippen LogP contribution in [0.1, 0.15) is 18.9 Å². The van der Waals surface area contributed by atoms with Gasteiger partial charge in [-0.25, -0.2) is 0 Å². The van der Waals surface area contributed by atoms with Gasteiger partial charge >= 0.3 is 0 Å². The number of hydrogen-bond donors (Lipinski definition) is 0. The van der Waals surface area contributed by atoms with Crippen molar-refractivity contribution in [1.82, 2.24) is 0 Å². The lowest BCUT2D eigenvalue weighted by Crippen LogP contribution is -2.25. The van der Waals surface area contributed by atoms with Crippen molar-refractivity contribution in [3.8, 4) is 5.75 Å². The second-order valence-corrected chi connectivity index (χ2v) is 6.41. The van der Waals surface area contributed by atoms with Crippen molar-refractivity contribution >= 4 is 28.8 Å². The average molecular weight is 267 g/mol. The third-order valence-corrected chi connectivity index (χ3v) is 5.11. The molecule has 17 heavy (non-hydrogen) atoms. The Hall–Kier alpha value is -0.660. The molecule has 0 saturated heterocycles. The molecule has 0 N–H and O–H groups in total. The fourth-order valence-electron chi connectivity index (χ4n) is 3.40. The Balaban J connectivity index is 1.91. The summed E-state index contributed by atoms with van der Waals surface area (Å²) in [6.07, 6.45) is 3.70. The van der Waals surface area contributed by atoms with Crippen molar-refractivity contribution in [2.24, 2.45) is 17.3 Å². The lowest BCUT2D eigenvalue weighted by Gasteiger charge is -2.30. The number of allylic oxidation sites excluding steroid dienone is 1. The predicted molar refractivity (Wildman–Crippen MR) is 69.6 cm³/mol. The molecule has 1 aliphatic heterocycles. The number of halogens is 2. The van der Waals surface area contributed by atoms with E-state index in [4.69, 9.17) is 27.9 Å². The fraction of sp³-hybridized carbons (Fsp3) is 0.429. The molecule has 1 saturated carbocycles. The van der Waals surface area contributed by atoms with Gasteiger partial charge in [0.25, 0.3) is 0 Å². The monoisotopic (exact) mass is 266 g/mol. The van der Waals surface area contributed by atoms with Crippen LogP contribution in [0, 0.1) is 17.3 Å². The molecular formula is C14H12Cl2O. The summed E-state index contributed by atoms with van der Waals surface area (Å²) < 4.78 is 5.85. The molecule has 1 heterocycles. The van der Waals surface area contributed by atoms with Gasteiger partial charge in [-0.1, -0.05) is 36.2 Å². The maximum absolute atomic E-state index is 6.18. The zero-order valence-corrected chi connectivity index (χ0v) is 11.0. The first kappa shape index (κ1) is 10.3. The molecule has 1 aromatic rings. The van der Waals surface area contributed by atoms with Crippen molar-refractivity contribution in [3.63, 3.8) is 0 Å².